The summed E-state index contributed by atoms with van der Waals surface area (Å²) in [4.78, 5) is 4.03. The quantitative estimate of drug-likeness (QED) is 0.434. The van der Waals surface area contributed by atoms with Gasteiger partial charge in [-0.3, -0.25) is 0 Å². The number of allylic oxidation sites excluding steroid dienone is 2. The number of imidazole rings is 1. The Hall–Kier alpha value is -1.58. The molecule has 1 atom stereocenters. The van der Waals surface area contributed by atoms with Crippen molar-refractivity contribution < 1.29 is 5.21 Å². The molecule has 1 aromatic rings. The second-order valence-electron chi connectivity index (χ2n) is 3.70. The van der Waals surface area contributed by atoms with Crippen LogP contribution in [-0.4, -0.2) is 20.5 Å². The molecule has 0 saturated carbocycles. The molecule has 0 amide bonds. The first-order chi connectivity index (χ1) is 7.42. The Kier molecular flexibility index (Phi) is 3.17. The van der Waals surface area contributed by atoms with E-state index in [1.807, 2.05) is 10.8 Å². The molecule has 15 heavy (non-hydrogen) atoms. The Morgan fingerprint density at radius 3 is 3.00 bits per heavy atom. The first-order valence-electron chi connectivity index (χ1n) is 5.25. The molecule has 0 aromatic carbocycles. The maximum atomic E-state index is 9.01. The normalized spacial score (nSPS) is 27.2. The highest BCUT2D eigenvalue weighted by Crippen LogP contribution is 2.21. The summed E-state index contributed by atoms with van der Waals surface area (Å²) >= 11 is 0. The monoisotopic (exact) mass is 205 g/mol. The van der Waals surface area contributed by atoms with Crippen LogP contribution in [0.25, 0.3) is 0 Å². The van der Waals surface area contributed by atoms with E-state index in [0.717, 1.165) is 31.4 Å². The topological polar surface area (TPSA) is 50.4 Å². The van der Waals surface area contributed by atoms with E-state index in [1.54, 1.807) is 12.5 Å². The molecule has 4 nitrogen and oxygen atoms in total. The first-order valence-corrected chi connectivity index (χ1v) is 5.25. The number of aromatic nitrogens is 2. The van der Waals surface area contributed by atoms with Gasteiger partial charge in [-0.15, -0.1) is 0 Å². The van der Waals surface area contributed by atoms with Crippen molar-refractivity contribution in [2.45, 2.75) is 31.7 Å². The van der Waals surface area contributed by atoms with E-state index in [4.69, 9.17) is 5.21 Å². The van der Waals surface area contributed by atoms with Gasteiger partial charge in [0.2, 0.25) is 0 Å². The average molecular weight is 205 g/mol. The Labute approximate surface area is 88.9 Å². The maximum Gasteiger partial charge on any atom is 0.0952 e. The van der Waals surface area contributed by atoms with Crippen molar-refractivity contribution in [2.75, 3.05) is 0 Å². The minimum Gasteiger partial charge on any atom is -0.411 e. The molecule has 2 rings (SSSR count). The second-order valence-corrected chi connectivity index (χ2v) is 3.70. The summed E-state index contributed by atoms with van der Waals surface area (Å²) in [5, 5.41) is 12.4. The van der Waals surface area contributed by atoms with Gasteiger partial charge in [-0.25, -0.2) is 4.98 Å². The van der Waals surface area contributed by atoms with Crippen LogP contribution in [0.1, 0.15) is 31.7 Å². The maximum absolute atomic E-state index is 9.01. The zero-order valence-electron chi connectivity index (χ0n) is 8.58. The molecule has 0 saturated heterocycles. The molecule has 1 unspecified atom stereocenters. The molecule has 0 aliphatic heterocycles. The summed E-state index contributed by atoms with van der Waals surface area (Å²) in [5.41, 5.74) is 0.845. The number of rotatable bonds is 1. The molecule has 1 aromatic heterocycles. The van der Waals surface area contributed by atoms with Gasteiger partial charge in [0.05, 0.1) is 18.1 Å². The largest absolute Gasteiger partial charge is 0.411 e. The van der Waals surface area contributed by atoms with Gasteiger partial charge in [0.25, 0.3) is 0 Å². The van der Waals surface area contributed by atoms with Crippen molar-refractivity contribution in [3.8, 4) is 0 Å². The number of nitrogens with zero attached hydrogens (tertiary/aromatic N) is 3. The molecule has 4 heteroatoms. The third kappa shape index (κ3) is 2.26. The zero-order valence-corrected chi connectivity index (χ0v) is 8.58. The van der Waals surface area contributed by atoms with Crippen LogP contribution in [0.2, 0.25) is 0 Å². The van der Waals surface area contributed by atoms with Crippen molar-refractivity contribution in [3.05, 3.63) is 30.9 Å². The fourth-order valence-corrected chi connectivity index (χ4v) is 1.95. The lowest BCUT2D eigenvalue weighted by Gasteiger charge is -2.20. The molecule has 1 heterocycles. The fourth-order valence-electron chi connectivity index (χ4n) is 1.95. The summed E-state index contributed by atoms with van der Waals surface area (Å²) < 4.78 is 2.01. The third-order valence-electron chi connectivity index (χ3n) is 2.74. The number of hydrogen-bond acceptors (Lipinski definition) is 3. The Balaban J connectivity index is 2.22. The number of oxime groups is 1. The van der Waals surface area contributed by atoms with Gasteiger partial charge < -0.3 is 9.77 Å². The lowest BCUT2D eigenvalue weighted by molar-refractivity contribution is 0.312. The van der Waals surface area contributed by atoms with Crippen molar-refractivity contribution in [1.29, 1.82) is 0 Å². The van der Waals surface area contributed by atoms with Crippen molar-refractivity contribution >= 4 is 5.71 Å². The van der Waals surface area contributed by atoms with Gasteiger partial charge in [0, 0.05) is 12.4 Å². The second kappa shape index (κ2) is 4.77. The van der Waals surface area contributed by atoms with Crippen molar-refractivity contribution in [2.24, 2.45) is 5.16 Å². The van der Waals surface area contributed by atoms with Crippen LogP contribution < -0.4 is 0 Å². The Morgan fingerprint density at radius 1 is 1.40 bits per heavy atom. The van der Waals surface area contributed by atoms with Gasteiger partial charge in [-0.2, -0.15) is 0 Å². The lowest BCUT2D eigenvalue weighted by Crippen LogP contribution is -2.19. The van der Waals surface area contributed by atoms with Crippen LogP contribution in [0.3, 0.4) is 0 Å². The molecular weight excluding hydrogens is 190 g/mol. The molecule has 0 bridgehead atoms. The minimum atomic E-state index is 0.155. The smallest absolute Gasteiger partial charge is 0.0952 e. The number of hydrogen-bond donors (Lipinski definition) is 1. The van der Waals surface area contributed by atoms with E-state index in [9.17, 15) is 0 Å². The van der Waals surface area contributed by atoms with E-state index < -0.39 is 0 Å². The molecule has 1 aliphatic carbocycles. The molecule has 1 N–H and O–H groups in total. The SMILES string of the molecule is O/N=C1\CC/C=C\CCC1n1ccnc1. The molecule has 80 valence electrons. The highest BCUT2D eigenvalue weighted by atomic mass is 16.4. The standard InChI is InChI=1S/C11H15N3O/c15-13-10-5-3-1-2-4-6-11(10)14-8-7-12-9-14/h1-2,7-9,11,15H,3-6H2/b2-1-,13-10+. The predicted octanol–water partition coefficient (Wildman–Crippen LogP) is 2.38. The van der Waals surface area contributed by atoms with Gasteiger partial charge >= 0.3 is 0 Å². The van der Waals surface area contributed by atoms with Gasteiger partial charge in [0.1, 0.15) is 0 Å². The average Bonchev–Trinajstić information content (AvgIpc) is 2.71. The minimum absolute atomic E-state index is 0.155. The van der Waals surface area contributed by atoms with Crippen LogP contribution in [0.4, 0.5) is 0 Å². The van der Waals surface area contributed by atoms with E-state index in [-0.39, 0.29) is 6.04 Å². The lowest BCUT2D eigenvalue weighted by atomic mass is 9.99. The zero-order chi connectivity index (χ0) is 10.5. The molecular formula is C11H15N3O. The Bertz CT molecular complexity index is 354. The predicted molar refractivity (Wildman–Crippen MR) is 58.1 cm³/mol. The summed E-state index contributed by atoms with van der Waals surface area (Å²) in [7, 11) is 0. The highest BCUT2D eigenvalue weighted by Gasteiger charge is 2.18. The van der Waals surface area contributed by atoms with E-state index in [0.29, 0.717) is 0 Å². The fraction of sp³-hybridized carbons (Fsp3) is 0.455. The molecule has 0 fully saturated rings. The third-order valence-corrected chi connectivity index (χ3v) is 2.74. The van der Waals surface area contributed by atoms with E-state index in [2.05, 4.69) is 22.3 Å². The van der Waals surface area contributed by atoms with Gasteiger partial charge in [0.15, 0.2) is 0 Å². The van der Waals surface area contributed by atoms with E-state index >= 15 is 0 Å². The van der Waals surface area contributed by atoms with Crippen LogP contribution in [0.5, 0.6) is 0 Å². The van der Waals surface area contributed by atoms with Crippen LogP contribution in [-0.2, 0) is 0 Å². The summed E-state index contributed by atoms with van der Waals surface area (Å²) in [5.74, 6) is 0. The Morgan fingerprint density at radius 2 is 2.27 bits per heavy atom. The van der Waals surface area contributed by atoms with E-state index in [1.165, 1.54) is 0 Å². The summed E-state index contributed by atoms with van der Waals surface area (Å²) in [6.07, 6.45) is 13.5. The van der Waals surface area contributed by atoms with Crippen LogP contribution in [0.15, 0.2) is 36.0 Å². The molecule has 0 spiro atoms. The van der Waals surface area contributed by atoms with Crippen molar-refractivity contribution in [1.82, 2.24) is 9.55 Å². The van der Waals surface area contributed by atoms with Crippen LogP contribution >= 0.6 is 0 Å². The highest BCUT2D eigenvalue weighted by molar-refractivity contribution is 5.88. The van der Waals surface area contributed by atoms with Gasteiger partial charge in [-0.05, 0) is 25.7 Å². The molecule has 1 aliphatic rings. The van der Waals surface area contributed by atoms with Crippen molar-refractivity contribution in [3.63, 3.8) is 0 Å². The van der Waals surface area contributed by atoms with Gasteiger partial charge in [-0.1, -0.05) is 17.3 Å². The summed E-state index contributed by atoms with van der Waals surface area (Å²) in [6, 6.07) is 0.155. The summed E-state index contributed by atoms with van der Waals surface area (Å²) in [6.45, 7) is 0. The van der Waals surface area contributed by atoms with Crippen LogP contribution in [0, 0.1) is 0 Å². The molecule has 0 radical (unpaired) electrons. The first kappa shape index (κ1) is 9.96.